The largest absolute Gasteiger partial charge is 0.361 e. The summed E-state index contributed by atoms with van der Waals surface area (Å²) >= 11 is 3.34. The van der Waals surface area contributed by atoms with E-state index in [1.807, 2.05) is 26.0 Å². The van der Waals surface area contributed by atoms with Crippen LogP contribution in [0.5, 0.6) is 0 Å². The molecule has 2 rings (SSSR count). The Labute approximate surface area is 120 Å². The maximum Gasteiger partial charge on any atom is 0.251 e. The highest BCUT2D eigenvalue weighted by Gasteiger charge is 2.09. The van der Waals surface area contributed by atoms with E-state index in [4.69, 9.17) is 4.52 Å². The van der Waals surface area contributed by atoms with E-state index in [9.17, 15) is 4.79 Å². The number of amides is 1. The third-order valence-electron chi connectivity index (χ3n) is 2.95. The third kappa shape index (κ3) is 3.44. The molecule has 19 heavy (non-hydrogen) atoms. The van der Waals surface area contributed by atoms with Crippen LogP contribution >= 0.6 is 15.9 Å². The number of hydrogen-bond acceptors (Lipinski definition) is 3. The van der Waals surface area contributed by atoms with Crippen LogP contribution in [0.15, 0.2) is 33.3 Å². The van der Waals surface area contributed by atoms with E-state index in [0.717, 1.165) is 27.9 Å². The second kappa shape index (κ2) is 6.02. The van der Waals surface area contributed by atoms with Crippen molar-refractivity contribution in [3.8, 4) is 0 Å². The average Bonchev–Trinajstić information content (AvgIpc) is 2.71. The molecule has 0 aliphatic rings. The maximum absolute atomic E-state index is 11.9. The van der Waals surface area contributed by atoms with E-state index in [1.54, 1.807) is 12.1 Å². The molecule has 1 heterocycles. The number of benzene rings is 1. The predicted octanol–water partition coefficient (Wildman–Crippen LogP) is 3.03. The molecule has 0 atom stereocenters. The lowest BCUT2D eigenvalue weighted by atomic mass is 10.1. The highest BCUT2D eigenvalue weighted by atomic mass is 79.9. The summed E-state index contributed by atoms with van der Waals surface area (Å²) in [5.41, 5.74) is 2.61. The van der Waals surface area contributed by atoms with Gasteiger partial charge in [-0.1, -0.05) is 21.1 Å². The Bertz CT molecular complexity index is 556. The van der Waals surface area contributed by atoms with Crippen molar-refractivity contribution in [1.82, 2.24) is 10.5 Å². The number of halogens is 1. The van der Waals surface area contributed by atoms with Crippen molar-refractivity contribution in [2.24, 2.45) is 0 Å². The minimum atomic E-state index is -0.0701. The highest BCUT2D eigenvalue weighted by molar-refractivity contribution is 9.10. The van der Waals surface area contributed by atoms with E-state index < -0.39 is 0 Å². The molecule has 0 fully saturated rings. The van der Waals surface area contributed by atoms with Gasteiger partial charge in [-0.25, -0.2) is 0 Å². The Kier molecular flexibility index (Phi) is 4.37. The standard InChI is InChI=1S/C14H15BrN2O2/c1-9-13(10(2)19-17-9)7-8-16-14(18)11-3-5-12(15)6-4-11/h3-6H,7-8H2,1-2H3,(H,16,18). The molecular weight excluding hydrogens is 308 g/mol. The summed E-state index contributed by atoms with van der Waals surface area (Å²) in [6.07, 6.45) is 0.726. The fraction of sp³-hybridized carbons (Fsp3) is 0.286. The van der Waals surface area contributed by atoms with Crippen LogP contribution < -0.4 is 5.32 Å². The van der Waals surface area contributed by atoms with Gasteiger partial charge in [0.25, 0.3) is 5.91 Å². The lowest BCUT2D eigenvalue weighted by Crippen LogP contribution is -2.25. The van der Waals surface area contributed by atoms with Crippen LogP contribution in [-0.2, 0) is 6.42 Å². The number of carbonyl (C=O) groups is 1. The maximum atomic E-state index is 11.9. The zero-order valence-corrected chi connectivity index (χ0v) is 12.5. The van der Waals surface area contributed by atoms with Crippen LogP contribution in [0.4, 0.5) is 0 Å². The Hall–Kier alpha value is -1.62. The van der Waals surface area contributed by atoms with Gasteiger partial charge in [0, 0.05) is 22.1 Å². The monoisotopic (exact) mass is 322 g/mol. The topological polar surface area (TPSA) is 55.1 Å². The molecule has 0 spiro atoms. The molecule has 5 heteroatoms. The quantitative estimate of drug-likeness (QED) is 0.941. The first-order valence-electron chi connectivity index (χ1n) is 6.03. The first kappa shape index (κ1) is 13.8. The van der Waals surface area contributed by atoms with Gasteiger partial charge in [0.15, 0.2) is 0 Å². The van der Waals surface area contributed by atoms with Gasteiger partial charge in [-0.2, -0.15) is 0 Å². The van der Waals surface area contributed by atoms with Crippen molar-refractivity contribution in [3.05, 3.63) is 51.3 Å². The Morgan fingerprint density at radius 2 is 2.00 bits per heavy atom. The molecular formula is C14H15BrN2O2. The number of carbonyl (C=O) groups excluding carboxylic acids is 1. The van der Waals surface area contributed by atoms with E-state index in [2.05, 4.69) is 26.4 Å². The molecule has 0 saturated carbocycles. The molecule has 0 saturated heterocycles. The average molecular weight is 323 g/mol. The van der Waals surface area contributed by atoms with Crippen LogP contribution in [-0.4, -0.2) is 17.6 Å². The molecule has 1 N–H and O–H groups in total. The van der Waals surface area contributed by atoms with Crippen LogP contribution in [0.3, 0.4) is 0 Å². The van der Waals surface area contributed by atoms with Gasteiger partial charge in [-0.15, -0.1) is 0 Å². The predicted molar refractivity (Wildman–Crippen MR) is 76.2 cm³/mol. The van der Waals surface area contributed by atoms with Crippen LogP contribution in [0.2, 0.25) is 0 Å². The van der Waals surface area contributed by atoms with Gasteiger partial charge >= 0.3 is 0 Å². The minimum Gasteiger partial charge on any atom is -0.361 e. The van der Waals surface area contributed by atoms with Crippen molar-refractivity contribution in [2.45, 2.75) is 20.3 Å². The number of aryl methyl sites for hydroxylation is 2. The van der Waals surface area contributed by atoms with Crippen molar-refractivity contribution in [2.75, 3.05) is 6.54 Å². The van der Waals surface area contributed by atoms with E-state index in [0.29, 0.717) is 12.1 Å². The molecule has 0 unspecified atom stereocenters. The Balaban J connectivity index is 1.89. The molecule has 1 amide bonds. The van der Waals surface area contributed by atoms with Gasteiger partial charge in [-0.05, 0) is 44.5 Å². The summed E-state index contributed by atoms with van der Waals surface area (Å²) in [5.74, 6) is 0.745. The molecule has 1 aromatic heterocycles. The second-order valence-electron chi connectivity index (χ2n) is 4.32. The van der Waals surface area contributed by atoms with Crippen LogP contribution in [0, 0.1) is 13.8 Å². The van der Waals surface area contributed by atoms with Crippen molar-refractivity contribution in [3.63, 3.8) is 0 Å². The van der Waals surface area contributed by atoms with Gasteiger partial charge in [0.1, 0.15) is 5.76 Å². The van der Waals surface area contributed by atoms with Crippen LogP contribution in [0.1, 0.15) is 27.4 Å². The molecule has 1 aromatic carbocycles. The Morgan fingerprint density at radius 3 is 2.58 bits per heavy atom. The third-order valence-corrected chi connectivity index (χ3v) is 3.48. The molecule has 0 bridgehead atoms. The zero-order valence-electron chi connectivity index (χ0n) is 10.9. The number of aromatic nitrogens is 1. The summed E-state index contributed by atoms with van der Waals surface area (Å²) in [4.78, 5) is 11.9. The normalized spacial score (nSPS) is 10.5. The van der Waals surface area contributed by atoms with Gasteiger partial charge < -0.3 is 9.84 Å². The Morgan fingerprint density at radius 1 is 1.32 bits per heavy atom. The number of nitrogens with one attached hydrogen (secondary N) is 1. The summed E-state index contributed by atoms with van der Waals surface area (Å²) in [6, 6.07) is 7.27. The molecule has 2 aromatic rings. The lowest BCUT2D eigenvalue weighted by molar-refractivity contribution is 0.0954. The highest BCUT2D eigenvalue weighted by Crippen LogP contribution is 2.13. The molecule has 0 radical (unpaired) electrons. The summed E-state index contributed by atoms with van der Waals surface area (Å²) in [6.45, 7) is 4.35. The summed E-state index contributed by atoms with van der Waals surface area (Å²) in [7, 11) is 0. The smallest absolute Gasteiger partial charge is 0.251 e. The van der Waals surface area contributed by atoms with Crippen molar-refractivity contribution in [1.29, 1.82) is 0 Å². The molecule has 0 aliphatic heterocycles. The van der Waals surface area contributed by atoms with Crippen LogP contribution in [0.25, 0.3) is 0 Å². The minimum absolute atomic E-state index is 0.0701. The van der Waals surface area contributed by atoms with Gasteiger partial charge in [-0.3, -0.25) is 4.79 Å². The fourth-order valence-corrected chi connectivity index (χ4v) is 2.13. The molecule has 0 aliphatic carbocycles. The summed E-state index contributed by atoms with van der Waals surface area (Å²) in [5, 5.41) is 6.78. The SMILES string of the molecule is Cc1noc(C)c1CCNC(=O)c1ccc(Br)cc1. The lowest BCUT2D eigenvalue weighted by Gasteiger charge is -2.05. The van der Waals surface area contributed by atoms with E-state index in [-0.39, 0.29) is 5.91 Å². The summed E-state index contributed by atoms with van der Waals surface area (Å²) < 4.78 is 6.04. The fourth-order valence-electron chi connectivity index (χ4n) is 1.86. The number of nitrogens with zero attached hydrogens (tertiary/aromatic N) is 1. The number of rotatable bonds is 4. The van der Waals surface area contributed by atoms with Gasteiger partial charge in [0.05, 0.1) is 5.69 Å². The van der Waals surface area contributed by atoms with E-state index in [1.165, 1.54) is 0 Å². The van der Waals surface area contributed by atoms with E-state index >= 15 is 0 Å². The first-order valence-corrected chi connectivity index (χ1v) is 6.82. The number of hydrogen-bond donors (Lipinski definition) is 1. The zero-order chi connectivity index (χ0) is 13.8. The molecule has 100 valence electrons. The van der Waals surface area contributed by atoms with Crippen molar-refractivity contribution < 1.29 is 9.32 Å². The first-order chi connectivity index (χ1) is 9.08. The van der Waals surface area contributed by atoms with Gasteiger partial charge in [0.2, 0.25) is 0 Å². The molecule has 4 nitrogen and oxygen atoms in total. The second-order valence-corrected chi connectivity index (χ2v) is 5.23. The van der Waals surface area contributed by atoms with Crippen molar-refractivity contribution >= 4 is 21.8 Å².